The Bertz CT molecular complexity index is 910. The van der Waals surface area contributed by atoms with E-state index in [9.17, 15) is 4.79 Å². The molecule has 2 aromatic carbocycles. The fourth-order valence-electron chi connectivity index (χ4n) is 2.42. The van der Waals surface area contributed by atoms with Crippen molar-refractivity contribution in [1.82, 2.24) is 10.2 Å². The molecule has 0 saturated heterocycles. The quantitative estimate of drug-likeness (QED) is 0.727. The Balaban J connectivity index is 1.31. The maximum Gasteiger partial charge on any atom is 0.322 e. The van der Waals surface area contributed by atoms with E-state index >= 15 is 0 Å². The monoisotopic (exact) mass is 353 g/mol. The molecule has 4 rings (SSSR count). The highest BCUT2D eigenvalue weighted by Gasteiger charge is 2.15. The summed E-state index contributed by atoms with van der Waals surface area (Å²) in [4.78, 5) is 12.1. The molecule has 0 bridgehead atoms. The molecule has 2 heterocycles. The van der Waals surface area contributed by atoms with Crippen LogP contribution in [-0.2, 0) is 17.8 Å². The number of para-hydroxylation sites is 1. The van der Waals surface area contributed by atoms with Crippen LogP contribution in [0.15, 0.2) is 52.9 Å². The van der Waals surface area contributed by atoms with Gasteiger partial charge >= 0.3 is 6.01 Å². The number of carbonyl (C=O) groups excluding carboxylic acids is 1. The van der Waals surface area contributed by atoms with Crippen LogP contribution in [0.5, 0.6) is 17.2 Å². The zero-order chi connectivity index (χ0) is 17.8. The molecule has 0 aliphatic carbocycles. The van der Waals surface area contributed by atoms with E-state index in [-0.39, 0.29) is 37.6 Å². The predicted octanol–water partition coefficient (Wildman–Crippen LogP) is 2.56. The van der Waals surface area contributed by atoms with Gasteiger partial charge in [0, 0.05) is 0 Å². The van der Waals surface area contributed by atoms with Crippen molar-refractivity contribution in [2.45, 2.75) is 13.0 Å². The number of benzene rings is 2. The number of hydrogen-bond donors (Lipinski definition) is 1. The second kappa shape index (κ2) is 7.14. The van der Waals surface area contributed by atoms with Crippen LogP contribution in [0.1, 0.15) is 11.5 Å². The molecule has 0 saturated carbocycles. The molecule has 132 valence electrons. The third kappa shape index (κ3) is 3.75. The van der Waals surface area contributed by atoms with Crippen molar-refractivity contribution in [3.63, 3.8) is 0 Å². The Morgan fingerprint density at radius 3 is 2.81 bits per heavy atom. The molecular weight excluding hydrogens is 338 g/mol. The lowest BCUT2D eigenvalue weighted by Gasteiger charge is -2.03. The van der Waals surface area contributed by atoms with Gasteiger partial charge in [-0.05, 0) is 29.8 Å². The van der Waals surface area contributed by atoms with Crippen LogP contribution in [-0.4, -0.2) is 22.9 Å². The lowest BCUT2D eigenvalue weighted by atomic mass is 10.1. The fourth-order valence-corrected chi connectivity index (χ4v) is 2.42. The van der Waals surface area contributed by atoms with Gasteiger partial charge in [-0.3, -0.25) is 10.1 Å². The average molecular weight is 353 g/mol. The zero-order valence-corrected chi connectivity index (χ0v) is 13.7. The van der Waals surface area contributed by atoms with Gasteiger partial charge in [0.1, 0.15) is 5.75 Å². The molecule has 0 spiro atoms. The first kappa shape index (κ1) is 15.9. The molecule has 8 nitrogen and oxygen atoms in total. The van der Waals surface area contributed by atoms with E-state index in [0.717, 1.165) is 5.56 Å². The van der Waals surface area contributed by atoms with E-state index in [4.69, 9.17) is 18.6 Å². The highest BCUT2D eigenvalue weighted by atomic mass is 16.7. The Morgan fingerprint density at radius 1 is 1.08 bits per heavy atom. The topological polar surface area (TPSA) is 95.7 Å². The van der Waals surface area contributed by atoms with E-state index in [2.05, 4.69) is 15.5 Å². The molecule has 0 fully saturated rings. The summed E-state index contributed by atoms with van der Waals surface area (Å²) < 4.78 is 21.4. The summed E-state index contributed by atoms with van der Waals surface area (Å²) in [6.45, 7) is 0.315. The number of carbonyl (C=O) groups is 1. The maximum absolute atomic E-state index is 12.1. The number of amides is 1. The second-order valence-corrected chi connectivity index (χ2v) is 5.52. The van der Waals surface area contributed by atoms with Crippen LogP contribution in [0.4, 0.5) is 6.01 Å². The highest BCUT2D eigenvalue weighted by Crippen LogP contribution is 2.32. The maximum atomic E-state index is 12.1. The van der Waals surface area contributed by atoms with Gasteiger partial charge in [0.2, 0.25) is 12.7 Å². The van der Waals surface area contributed by atoms with Crippen LogP contribution >= 0.6 is 0 Å². The summed E-state index contributed by atoms with van der Waals surface area (Å²) >= 11 is 0. The third-order valence-electron chi connectivity index (χ3n) is 3.62. The Kier molecular flexibility index (Phi) is 4.38. The first-order valence-electron chi connectivity index (χ1n) is 7.95. The third-order valence-corrected chi connectivity index (χ3v) is 3.62. The van der Waals surface area contributed by atoms with Gasteiger partial charge in [0.15, 0.2) is 18.1 Å². The minimum absolute atomic E-state index is 0.0300. The molecular formula is C18H15N3O5. The van der Waals surface area contributed by atoms with Crippen molar-refractivity contribution in [2.24, 2.45) is 0 Å². The number of nitrogens with one attached hydrogen (secondary N) is 1. The Labute approximate surface area is 148 Å². The lowest BCUT2D eigenvalue weighted by Crippen LogP contribution is -2.14. The average Bonchev–Trinajstić information content (AvgIpc) is 3.29. The zero-order valence-electron chi connectivity index (χ0n) is 13.7. The van der Waals surface area contributed by atoms with E-state index in [1.807, 2.05) is 30.3 Å². The molecule has 1 amide bonds. The minimum atomic E-state index is -0.275. The van der Waals surface area contributed by atoms with Crippen molar-refractivity contribution in [3.8, 4) is 17.2 Å². The molecule has 3 aromatic rings. The smallest absolute Gasteiger partial charge is 0.322 e. The molecule has 0 radical (unpaired) electrons. The van der Waals surface area contributed by atoms with E-state index in [1.165, 1.54) is 0 Å². The van der Waals surface area contributed by atoms with Crippen molar-refractivity contribution < 1.29 is 23.4 Å². The highest BCUT2D eigenvalue weighted by molar-refractivity contribution is 5.90. The molecule has 0 unspecified atom stereocenters. The number of fused-ring (bicyclic) bond motifs is 1. The van der Waals surface area contributed by atoms with Crippen LogP contribution in [0.2, 0.25) is 0 Å². The standard InChI is InChI=1S/C18H15N3O5/c22-16(9-12-6-7-14-15(8-12)25-11-24-14)19-18-21-20-17(26-18)10-23-13-4-2-1-3-5-13/h1-8H,9-11H2,(H,19,21,22). The summed E-state index contributed by atoms with van der Waals surface area (Å²) in [7, 11) is 0. The van der Waals surface area contributed by atoms with Crippen LogP contribution < -0.4 is 19.5 Å². The fraction of sp³-hybridized carbons (Fsp3) is 0.167. The van der Waals surface area contributed by atoms with Gasteiger partial charge in [-0.15, -0.1) is 5.10 Å². The first-order chi connectivity index (χ1) is 12.8. The molecule has 0 atom stereocenters. The van der Waals surface area contributed by atoms with Crippen molar-refractivity contribution >= 4 is 11.9 Å². The summed E-state index contributed by atoms with van der Waals surface area (Å²) in [6, 6.07) is 14.7. The second-order valence-electron chi connectivity index (χ2n) is 5.52. The molecule has 26 heavy (non-hydrogen) atoms. The lowest BCUT2D eigenvalue weighted by molar-refractivity contribution is -0.115. The van der Waals surface area contributed by atoms with Crippen LogP contribution in [0, 0.1) is 0 Å². The number of anilines is 1. The number of rotatable bonds is 6. The van der Waals surface area contributed by atoms with Crippen LogP contribution in [0.25, 0.3) is 0 Å². The summed E-state index contributed by atoms with van der Waals surface area (Å²) in [5.41, 5.74) is 0.791. The summed E-state index contributed by atoms with van der Waals surface area (Å²) in [6.07, 6.45) is 0.148. The Morgan fingerprint density at radius 2 is 1.92 bits per heavy atom. The van der Waals surface area contributed by atoms with Crippen molar-refractivity contribution in [2.75, 3.05) is 12.1 Å². The molecule has 8 heteroatoms. The molecule has 1 aliphatic rings. The normalized spacial score (nSPS) is 12.0. The number of aromatic nitrogens is 2. The summed E-state index contributed by atoms with van der Waals surface area (Å²) in [5, 5.41) is 10.2. The SMILES string of the molecule is O=C(Cc1ccc2c(c1)OCO2)Nc1nnc(COc2ccccc2)o1. The number of hydrogen-bond acceptors (Lipinski definition) is 7. The van der Waals surface area contributed by atoms with Gasteiger partial charge in [-0.25, -0.2) is 0 Å². The van der Waals surface area contributed by atoms with Gasteiger partial charge in [-0.2, -0.15) is 0 Å². The molecule has 1 N–H and O–H groups in total. The molecule has 1 aromatic heterocycles. The van der Waals surface area contributed by atoms with Gasteiger partial charge in [-0.1, -0.05) is 29.4 Å². The Hall–Kier alpha value is -3.55. The number of ether oxygens (including phenoxy) is 3. The van der Waals surface area contributed by atoms with Crippen molar-refractivity contribution in [1.29, 1.82) is 0 Å². The van der Waals surface area contributed by atoms with Crippen LogP contribution in [0.3, 0.4) is 0 Å². The predicted molar refractivity (Wildman–Crippen MR) is 90.0 cm³/mol. The van der Waals surface area contributed by atoms with Gasteiger partial charge in [0.25, 0.3) is 5.89 Å². The first-order valence-corrected chi connectivity index (χ1v) is 7.95. The number of nitrogens with zero attached hydrogens (tertiary/aromatic N) is 2. The van der Waals surface area contributed by atoms with Gasteiger partial charge < -0.3 is 18.6 Å². The van der Waals surface area contributed by atoms with E-state index in [1.54, 1.807) is 18.2 Å². The van der Waals surface area contributed by atoms with E-state index in [0.29, 0.717) is 17.2 Å². The summed E-state index contributed by atoms with van der Waals surface area (Å²) in [5.74, 6) is 2.00. The largest absolute Gasteiger partial charge is 0.484 e. The van der Waals surface area contributed by atoms with E-state index < -0.39 is 0 Å². The molecule has 1 aliphatic heterocycles. The van der Waals surface area contributed by atoms with Gasteiger partial charge in [0.05, 0.1) is 6.42 Å². The van der Waals surface area contributed by atoms with Crippen molar-refractivity contribution in [3.05, 3.63) is 60.0 Å². The minimum Gasteiger partial charge on any atom is -0.484 e.